The van der Waals surface area contributed by atoms with E-state index in [9.17, 15) is 5.11 Å². The number of hydrogen-bond acceptors (Lipinski definition) is 5. The fraction of sp³-hybridized carbons (Fsp3) is 1.00. The molecule has 0 unspecified atom stereocenters. The fourth-order valence-electron chi connectivity index (χ4n) is 0.670. The van der Waals surface area contributed by atoms with Crippen LogP contribution in [0.1, 0.15) is 0 Å². The molecule has 0 aromatic heterocycles. The molecule has 0 saturated heterocycles. The fourth-order valence-corrected chi connectivity index (χ4v) is 0.670. The van der Waals surface area contributed by atoms with E-state index in [1.807, 2.05) is 0 Å². The van der Waals surface area contributed by atoms with Gasteiger partial charge in [0.25, 0.3) is 0 Å². The largest absolute Gasteiger partial charge is 0.349 e. The maximum Gasteiger partial charge on any atom is 0.334 e. The van der Waals surface area contributed by atoms with Gasteiger partial charge in [-0.15, -0.1) is 0 Å². The Hall–Kier alpha value is 0.514. The average Bonchev–Trinajstić information content (AvgIpc) is 2.06. The van der Waals surface area contributed by atoms with Crippen molar-refractivity contribution in [1.29, 1.82) is 0 Å². The van der Waals surface area contributed by atoms with E-state index in [4.69, 9.17) is 9.47 Å². The summed E-state index contributed by atoms with van der Waals surface area (Å²) in [5.74, 6) is -1.84. The minimum absolute atomic E-state index is 0. The normalized spacial score (nSPS) is 11.5. The molecule has 0 radical (unpaired) electrons. The summed E-state index contributed by atoms with van der Waals surface area (Å²) in [7, 11) is 5.32. The first-order valence-corrected chi connectivity index (χ1v) is 3.02. The first-order valence-electron chi connectivity index (χ1n) is 3.02. The van der Waals surface area contributed by atoms with Gasteiger partial charge < -0.3 is 24.1 Å². The van der Waals surface area contributed by atoms with Crippen LogP contribution in [0.2, 0.25) is 0 Å². The van der Waals surface area contributed by atoms with Crippen LogP contribution in [-0.4, -0.2) is 45.8 Å². The summed E-state index contributed by atoms with van der Waals surface area (Å²) in [6.07, 6.45) is -0.961. The van der Waals surface area contributed by atoms with E-state index in [0.29, 0.717) is 0 Å². The zero-order valence-corrected chi connectivity index (χ0v) is 9.22. The van der Waals surface area contributed by atoms with Crippen LogP contribution in [0.5, 0.6) is 0 Å². The van der Waals surface area contributed by atoms with E-state index in [2.05, 4.69) is 9.47 Å². The molecule has 0 rings (SSSR count). The number of methoxy groups -OCH3 is 4. The Morgan fingerprint density at radius 2 is 1.33 bits per heavy atom. The van der Waals surface area contributed by atoms with Gasteiger partial charge in [-0.2, -0.15) is 0 Å². The Morgan fingerprint density at radius 3 is 1.42 bits per heavy atom. The Balaban J connectivity index is 0. The molecule has 0 atom stereocenters. The van der Waals surface area contributed by atoms with Gasteiger partial charge in [0.1, 0.15) is 0 Å². The molecule has 0 fully saturated rings. The van der Waals surface area contributed by atoms with E-state index >= 15 is 0 Å². The van der Waals surface area contributed by atoms with Crippen molar-refractivity contribution in [3.8, 4) is 0 Å². The van der Waals surface area contributed by atoms with Crippen LogP contribution in [0.4, 0.5) is 0 Å². The minimum atomic E-state index is -1.84. The molecule has 0 aliphatic heterocycles. The van der Waals surface area contributed by atoms with Gasteiger partial charge >= 0.3 is 5.97 Å². The van der Waals surface area contributed by atoms with E-state index in [1.54, 1.807) is 0 Å². The van der Waals surface area contributed by atoms with Gasteiger partial charge in [0, 0.05) is 50.2 Å². The summed E-state index contributed by atoms with van der Waals surface area (Å²) in [4.78, 5) is 0. The van der Waals surface area contributed by atoms with Gasteiger partial charge in [-0.1, -0.05) is 0 Å². The van der Waals surface area contributed by atoms with Crippen molar-refractivity contribution >= 4 is 0 Å². The molecule has 0 heterocycles. The summed E-state index contributed by atoms with van der Waals surface area (Å²) in [6.45, 7) is 0. The summed E-state index contributed by atoms with van der Waals surface area (Å²) >= 11 is 0. The number of hydrogen-bond donors (Lipinski definition) is 1. The number of aliphatic hydroxyl groups is 1. The van der Waals surface area contributed by atoms with Crippen molar-refractivity contribution in [1.82, 2.24) is 0 Å². The van der Waals surface area contributed by atoms with Crippen molar-refractivity contribution in [3.05, 3.63) is 0 Å². The molecule has 12 heavy (non-hydrogen) atoms. The minimum Gasteiger partial charge on any atom is -0.349 e. The molecule has 1 N–H and O–H groups in total. The van der Waals surface area contributed by atoms with E-state index in [0.717, 1.165) is 0 Å². The van der Waals surface area contributed by atoms with Crippen molar-refractivity contribution in [2.75, 3.05) is 28.4 Å². The first kappa shape index (κ1) is 15.0. The average molecular weight is 214 g/mol. The molecule has 0 aliphatic rings. The third kappa shape index (κ3) is 3.49. The third-order valence-corrected chi connectivity index (χ3v) is 1.31. The summed E-state index contributed by atoms with van der Waals surface area (Å²) in [5, 5.41) is 9.39. The predicted molar refractivity (Wildman–Crippen MR) is 36.8 cm³/mol. The summed E-state index contributed by atoms with van der Waals surface area (Å²) in [5.41, 5.74) is 0. The second kappa shape index (κ2) is 6.97. The molecule has 0 aliphatic carbocycles. The molecule has 6 heteroatoms. The zero-order chi connectivity index (χ0) is 8.91. The molecular formula is C6H14O5Ti. The van der Waals surface area contributed by atoms with Crippen LogP contribution in [0.25, 0.3) is 0 Å². The van der Waals surface area contributed by atoms with Gasteiger partial charge in [-0.05, 0) is 0 Å². The molecule has 72 valence electrons. The molecule has 0 saturated carbocycles. The van der Waals surface area contributed by atoms with Crippen LogP contribution in [0, 0.1) is 0 Å². The van der Waals surface area contributed by atoms with Crippen molar-refractivity contribution < 1.29 is 45.8 Å². The Morgan fingerprint density at radius 1 is 1.00 bits per heavy atom. The molecule has 0 aromatic carbocycles. The standard InChI is InChI=1S/C6H14O5.Ti/c1-8-5(9-2)6(7,10-3)11-4;/h5,7H,1-4H3;. The maximum absolute atomic E-state index is 9.39. The third-order valence-electron chi connectivity index (χ3n) is 1.31. The van der Waals surface area contributed by atoms with Gasteiger partial charge in [0.15, 0.2) is 0 Å². The quantitative estimate of drug-likeness (QED) is 0.495. The van der Waals surface area contributed by atoms with E-state index in [-0.39, 0.29) is 21.7 Å². The first-order chi connectivity index (χ1) is 5.14. The van der Waals surface area contributed by atoms with Crippen LogP contribution in [-0.2, 0) is 40.7 Å². The van der Waals surface area contributed by atoms with Crippen molar-refractivity contribution in [3.63, 3.8) is 0 Å². The summed E-state index contributed by atoms with van der Waals surface area (Å²) < 4.78 is 18.7. The van der Waals surface area contributed by atoms with Gasteiger partial charge in [-0.3, -0.25) is 0 Å². The van der Waals surface area contributed by atoms with Crippen LogP contribution >= 0.6 is 0 Å². The number of ether oxygens (including phenoxy) is 4. The van der Waals surface area contributed by atoms with E-state index in [1.165, 1.54) is 28.4 Å². The van der Waals surface area contributed by atoms with E-state index < -0.39 is 12.3 Å². The van der Waals surface area contributed by atoms with Gasteiger partial charge in [-0.25, -0.2) is 0 Å². The Labute approximate surface area is 86.8 Å². The maximum atomic E-state index is 9.39. The van der Waals surface area contributed by atoms with Gasteiger partial charge in [0.05, 0.1) is 0 Å². The molecule has 0 bridgehead atoms. The van der Waals surface area contributed by atoms with Gasteiger partial charge in [0.2, 0.25) is 6.29 Å². The molecular weight excluding hydrogens is 200 g/mol. The molecule has 0 spiro atoms. The topological polar surface area (TPSA) is 57.2 Å². The van der Waals surface area contributed by atoms with Crippen LogP contribution < -0.4 is 0 Å². The molecule has 5 nitrogen and oxygen atoms in total. The Bertz CT molecular complexity index is 102. The van der Waals surface area contributed by atoms with Crippen molar-refractivity contribution in [2.24, 2.45) is 0 Å². The predicted octanol–water partition coefficient (Wildman–Crippen LogP) is -0.458. The Kier molecular flexibility index (Phi) is 8.72. The SMILES string of the molecule is COC(OC)C(O)(OC)OC.[Ti]. The summed E-state index contributed by atoms with van der Waals surface area (Å²) in [6, 6.07) is 0. The zero-order valence-electron chi connectivity index (χ0n) is 7.66. The molecule has 0 amide bonds. The van der Waals surface area contributed by atoms with Crippen LogP contribution in [0.3, 0.4) is 0 Å². The van der Waals surface area contributed by atoms with Crippen molar-refractivity contribution in [2.45, 2.75) is 12.3 Å². The monoisotopic (exact) mass is 214 g/mol. The number of rotatable bonds is 5. The smallest absolute Gasteiger partial charge is 0.334 e. The second-order valence-corrected chi connectivity index (χ2v) is 1.84. The molecule has 0 aromatic rings. The van der Waals surface area contributed by atoms with Crippen LogP contribution in [0.15, 0.2) is 0 Å². The second-order valence-electron chi connectivity index (χ2n) is 1.84.